The molecule has 0 saturated carbocycles. The fourth-order valence-electron chi connectivity index (χ4n) is 4.10. The minimum atomic E-state index is 0.118. The van der Waals surface area contributed by atoms with Gasteiger partial charge in [0.15, 0.2) is 0 Å². The number of rotatable bonds is 10. The van der Waals surface area contributed by atoms with Crippen LogP contribution in [-0.4, -0.2) is 19.4 Å². The molecule has 0 saturated heterocycles. The number of hydrogen-bond donors (Lipinski definition) is 5. The van der Waals surface area contributed by atoms with E-state index in [4.69, 9.17) is 5.73 Å². The first-order valence-corrected chi connectivity index (χ1v) is 13.2. The summed E-state index contributed by atoms with van der Waals surface area (Å²) in [6, 6.07) is 22.7. The first-order chi connectivity index (χ1) is 19.4. The van der Waals surface area contributed by atoms with Crippen molar-refractivity contribution in [1.82, 2.24) is 16.0 Å². The smallest absolute Gasteiger partial charge is 0.124 e. The summed E-state index contributed by atoms with van der Waals surface area (Å²) in [5, 5.41) is 12.2. The highest BCUT2D eigenvalue weighted by Gasteiger charge is 2.12. The first-order valence-electron chi connectivity index (χ1n) is 13.2. The normalized spacial score (nSPS) is 12.4. The number of nitrogens with two attached hydrogens (primary N) is 2. The number of carbonyl (C=O) groups is 1. The van der Waals surface area contributed by atoms with E-state index in [-0.39, 0.29) is 6.04 Å². The van der Waals surface area contributed by atoms with Crippen LogP contribution in [0.5, 0.6) is 0 Å². The molecule has 1 aliphatic heterocycles. The molecule has 3 aromatic rings. The second-order valence-electron chi connectivity index (χ2n) is 8.85. The highest BCUT2D eigenvalue weighted by atomic mass is 16.1. The number of fused-ring (bicyclic) bond motifs is 1. The molecule has 7 N–H and O–H groups in total. The predicted octanol–water partition coefficient (Wildman–Crippen LogP) is 5.60. The van der Waals surface area contributed by atoms with Crippen molar-refractivity contribution in [3.8, 4) is 0 Å². The molecule has 0 bridgehead atoms. The summed E-state index contributed by atoms with van der Waals surface area (Å²) in [6.07, 6.45) is 12.3. The Morgan fingerprint density at radius 1 is 1.07 bits per heavy atom. The molecule has 0 amide bonds. The average molecular weight is 536 g/mol. The van der Waals surface area contributed by atoms with Crippen molar-refractivity contribution in [2.75, 3.05) is 13.1 Å². The van der Waals surface area contributed by atoms with Crippen molar-refractivity contribution in [1.29, 1.82) is 0 Å². The fourth-order valence-corrected chi connectivity index (χ4v) is 4.10. The van der Waals surface area contributed by atoms with Crippen molar-refractivity contribution < 1.29 is 4.79 Å². The van der Waals surface area contributed by atoms with Gasteiger partial charge in [-0.25, -0.2) is 0 Å². The number of benzene rings is 3. The molecule has 0 spiro atoms. The summed E-state index contributed by atoms with van der Waals surface area (Å²) < 4.78 is 0. The lowest BCUT2D eigenvalue weighted by molar-refractivity contribution is -0.107. The Labute approximate surface area is 238 Å². The molecule has 1 atom stereocenters. The third-order valence-corrected chi connectivity index (χ3v) is 5.89. The van der Waals surface area contributed by atoms with Gasteiger partial charge in [0.2, 0.25) is 0 Å². The number of nitrogens with one attached hydrogen (secondary N) is 3. The zero-order chi connectivity index (χ0) is 29.2. The Balaban J connectivity index is 0.000000295. The average Bonchev–Trinajstić information content (AvgIpc) is 2.97. The maximum Gasteiger partial charge on any atom is 0.124 e. The monoisotopic (exact) mass is 535 g/mol. The Hall–Kier alpha value is -4.81. The van der Waals surface area contributed by atoms with Crippen LogP contribution in [-0.2, 0) is 11.2 Å². The van der Waals surface area contributed by atoms with Crippen LogP contribution in [0.4, 0.5) is 0 Å². The van der Waals surface area contributed by atoms with E-state index >= 15 is 0 Å². The highest BCUT2D eigenvalue weighted by Crippen LogP contribution is 2.26. The number of aldehydes is 1. The SMILES string of the molecule is C=C(/C=C/CN)NC1=CC=CCN1.C=C(NC(C)c1cccc2ccccc12)c1ccccc1CC=O.C=CN. The van der Waals surface area contributed by atoms with Gasteiger partial charge in [0, 0.05) is 42.5 Å². The molecule has 0 aromatic heterocycles. The van der Waals surface area contributed by atoms with Gasteiger partial charge in [0.05, 0.1) is 0 Å². The van der Waals surface area contributed by atoms with Crippen LogP contribution in [0.3, 0.4) is 0 Å². The quantitative estimate of drug-likeness (QED) is 0.171. The Kier molecular flexibility index (Phi) is 13.9. The van der Waals surface area contributed by atoms with E-state index in [2.05, 4.69) is 90.8 Å². The van der Waals surface area contributed by atoms with E-state index in [9.17, 15) is 4.79 Å². The lowest BCUT2D eigenvalue weighted by Gasteiger charge is -2.20. The number of hydrogen-bond acceptors (Lipinski definition) is 6. The summed E-state index contributed by atoms with van der Waals surface area (Å²) in [7, 11) is 0. The molecule has 40 heavy (non-hydrogen) atoms. The summed E-state index contributed by atoms with van der Waals surface area (Å²) in [4.78, 5) is 10.9. The van der Waals surface area contributed by atoms with E-state index in [1.165, 1.54) is 22.5 Å². The molecule has 1 heterocycles. The zero-order valence-electron chi connectivity index (χ0n) is 23.3. The van der Waals surface area contributed by atoms with Gasteiger partial charge in [-0.3, -0.25) is 0 Å². The molecule has 208 valence electrons. The maximum atomic E-state index is 10.9. The molecular formula is C34H41N5O. The molecule has 1 aliphatic rings. The Morgan fingerprint density at radius 2 is 1.77 bits per heavy atom. The predicted molar refractivity (Wildman–Crippen MR) is 171 cm³/mol. The van der Waals surface area contributed by atoms with Gasteiger partial charge in [0.25, 0.3) is 0 Å². The second-order valence-corrected chi connectivity index (χ2v) is 8.85. The van der Waals surface area contributed by atoms with Crippen molar-refractivity contribution in [3.05, 3.63) is 151 Å². The molecule has 0 fully saturated rings. The summed E-state index contributed by atoms with van der Waals surface area (Å²) in [5.74, 6) is 0.967. The largest absolute Gasteiger partial charge is 0.405 e. The van der Waals surface area contributed by atoms with Crippen molar-refractivity contribution in [2.45, 2.75) is 19.4 Å². The Bertz CT molecular complexity index is 1360. The zero-order valence-corrected chi connectivity index (χ0v) is 23.3. The molecule has 0 aliphatic carbocycles. The fraction of sp³-hybridized carbons (Fsp3) is 0.147. The molecule has 6 nitrogen and oxygen atoms in total. The van der Waals surface area contributed by atoms with E-state index in [1.807, 2.05) is 54.6 Å². The molecule has 1 unspecified atom stereocenters. The lowest BCUT2D eigenvalue weighted by atomic mass is 9.98. The highest BCUT2D eigenvalue weighted by molar-refractivity contribution is 5.86. The second kappa shape index (κ2) is 17.7. The van der Waals surface area contributed by atoms with Gasteiger partial charge in [0.1, 0.15) is 12.1 Å². The van der Waals surface area contributed by atoms with E-state index < -0.39 is 0 Å². The van der Waals surface area contributed by atoms with Crippen LogP contribution >= 0.6 is 0 Å². The van der Waals surface area contributed by atoms with Gasteiger partial charge in [-0.2, -0.15) is 0 Å². The number of dihydropyridines is 1. The number of allylic oxidation sites excluding steroid dienone is 3. The van der Waals surface area contributed by atoms with Gasteiger partial charge in [-0.1, -0.05) is 105 Å². The third kappa shape index (κ3) is 10.2. The topological polar surface area (TPSA) is 105 Å². The molecule has 3 aromatic carbocycles. The van der Waals surface area contributed by atoms with Crippen LogP contribution in [0.2, 0.25) is 0 Å². The van der Waals surface area contributed by atoms with Crippen LogP contribution in [0.15, 0.2) is 135 Å². The van der Waals surface area contributed by atoms with Crippen molar-refractivity contribution in [3.63, 3.8) is 0 Å². The molecule has 4 rings (SSSR count). The van der Waals surface area contributed by atoms with Gasteiger partial charge < -0.3 is 32.2 Å². The van der Waals surface area contributed by atoms with Crippen molar-refractivity contribution >= 4 is 22.8 Å². The van der Waals surface area contributed by atoms with Gasteiger partial charge in [-0.15, -0.1) is 0 Å². The van der Waals surface area contributed by atoms with Crippen LogP contribution < -0.4 is 27.4 Å². The van der Waals surface area contributed by atoms with Gasteiger partial charge >= 0.3 is 0 Å². The third-order valence-electron chi connectivity index (χ3n) is 5.89. The molecular weight excluding hydrogens is 494 g/mol. The van der Waals surface area contributed by atoms with Crippen molar-refractivity contribution in [2.24, 2.45) is 11.5 Å². The maximum absolute atomic E-state index is 10.9. The van der Waals surface area contributed by atoms with Gasteiger partial charge in [-0.05, 0) is 47.2 Å². The first kappa shape index (κ1) is 31.4. The number of carbonyl (C=O) groups excluding carboxylic acids is 1. The van der Waals surface area contributed by atoms with E-state index in [1.54, 1.807) is 0 Å². The summed E-state index contributed by atoms with van der Waals surface area (Å²) in [5.41, 5.74) is 14.8. The Morgan fingerprint density at radius 3 is 2.48 bits per heavy atom. The summed E-state index contributed by atoms with van der Waals surface area (Å²) in [6.45, 7) is 14.7. The molecule has 0 radical (unpaired) electrons. The summed E-state index contributed by atoms with van der Waals surface area (Å²) >= 11 is 0. The minimum Gasteiger partial charge on any atom is -0.405 e. The van der Waals surface area contributed by atoms with Crippen LogP contribution in [0, 0.1) is 0 Å². The standard InChI is InChI=1S/C22H21NO.C10H15N3.C2H5N/c1-16(20-11-5-3-9-19(20)14-15-24)23-17(2)21-13-7-10-18-8-4-6-12-22(18)21;1-9(5-4-7-11)13-10-6-2-3-8-12-10;1-2-3/h3-13,15,17,23H,1,14H2,2H3;2-6,12-13H,1,7-8,11H2;2H,1,3H2/b;5-4+;. The van der Waals surface area contributed by atoms with Crippen LogP contribution in [0.1, 0.15) is 29.7 Å². The molecule has 6 heteroatoms. The minimum absolute atomic E-state index is 0.118. The lowest BCUT2D eigenvalue weighted by Crippen LogP contribution is -2.26. The van der Waals surface area contributed by atoms with E-state index in [0.29, 0.717) is 13.0 Å². The van der Waals surface area contributed by atoms with E-state index in [0.717, 1.165) is 41.2 Å². The van der Waals surface area contributed by atoms with Crippen LogP contribution in [0.25, 0.3) is 16.5 Å².